The number of rotatable bonds is 3. The molecule has 0 spiro atoms. The van der Waals surface area contributed by atoms with Gasteiger partial charge in [0.2, 0.25) is 0 Å². The lowest BCUT2D eigenvalue weighted by molar-refractivity contribution is 1.11. The molecule has 0 fully saturated rings. The van der Waals surface area contributed by atoms with Crippen molar-refractivity contribution in [1.29, 1.82) is 0 Å². The van der Waals surface area contributed by atoms with E-state index in [1.165, 1.54) is 11.1 Å². The average Bonchev–Trinajstić information content (AvgIpc) is 2.90. The lowest BCUT2D eigenvalue weighted by Gasteiger charge is -2.00. The Morgan fingerprint density at radius 1 is 1.14 bits per heavy atom. The number of aryl methyl sites for hydroxylation is 1. The lowest BCUT2D eigenvalue weighted by atomic mass is 10.1. The van der Waals surface area contributed by atoms with Crippen molar-refractivity contribution in [2.45, 2.75) is 13.3 Å². The Kier molecular flexibility index (Phi) is 5.34. The predicted molar refractivity (Wildman–Crippen MR) is 91.6 cm³/mol. The fourth-order valence-corrected chi connectivity index (χ4v) is 3.03. The quantitative estimate of drug-likeness (QED) is 0.658. The van der Waals surface area contributed by atoms with Gasteiger partial charge in [-0.1, -0.05) is 23.7 Å². The molecule has 0 atom stereocenters. The van der Waals surface area contributed by atoms with Gasteiger partial charge in [0, 0.05) is 34.8 Å². The third-order valence-corrected chi connectivity index (χ3v) is 4.30. The third kappa shape index (κ3) is 3.82. The summed E-state index contributed by atoms with van der Waals surface area (Å²) in [5, 5.41) is 3.90. The summed E-state index contributed by atoms with van der Waals surface area (Å²) in [6, 6.07) is 9.91. The minimum atomic E-state index is 0. The second-order valence-electron chi connectivity index (χ2n) is 4.64. The standard InChI is InChI=1S/C16H13ClN2S.ClH/c1-11-6-7-18-9-15(11)16-19-14(10-20-16)8-12-2-4-13(17)5-3-12;/h2-7,9-10H,8H2,1H3;1H. The molecule has 0 N–H and O–H groups in total. The summed E-state index contributed by atoms with van der Waals surface area (Å²) in [6.45, 7) is 2.08. The molecule has 1 aromatic carbocycles. The summed E-state index contributed by atoms with van der Waals surface area (Å²) in [6.07, 6.45) is 4.51. The van der Waals surface area contributed by atoms with Crippen LogP contribution in [-0.2, 0) is 6.42 Å². The maximum Gasteiger partial charge on any atom is 0.125 e. The first-order valence-corrected chi connectivity index (χ1v) is 7.58. The number of hydrogen-bond acceptors (Lipinski definition) is 3. The normalized spacial score (nSPS) is 10.2. The monoisotopic (exact) mass is 336 g/mol. The van der Waals surface area contributed by atoms with Crippen LogP contribution in [0, 0.1) is 6.92 Å². The van der Waals surface area contributed by atoms with Gasteiger partial charge >= 0.3 is 0 Å². The third-order valence-electron chi connectivity index (χ3n) is 3.12. The molecule has 0 radical (unpaired) electrons. The van der Waals surface area contributed by atoms with Gasteiger partial charge in [0.05, 0.1) is 5.69 Å². The average molecular weight is 337 g/mol. The molecular weight excluding hydrogens is 323 g/mol. The summed E-state index contributed by atoms with van der Waals surface area (Å²) in [5.41, 5.74) is 4.61. The largest absolute Gasteiger partial charge is 0.264 e. The highest BCUT2D eigenvalue weighted by Gasteiger charge is 2.08. The summed E-state index contributed by atoms with van der Waals surface area (Å²) in [7, 11) is 0. The molecule has 0 bridgehead atoms. The second kappa shape index (κ2) is 7.03. The molecule has 0 aliphatic rings. The van der Waals surface area contributed by atoms with Crippen LogP contribution in [0.3, 0.4) is 0 Å². The van der Waals surface area contributed by atoms with Crippen LogP contribution in [0.25, 0.3) is 10.6 Å². The van der Waals surface area contributed by atoms with E-state index in [4.69, 9.17) is 16.6 Å². The number of hydrogen-bond donors (Lipinski definition) is 0. The first kappa shape index (κ1) is 16.0. The highest BCUT2D eigenvalue weighted by Crippen LogP contribution is 2.26. The van der Waals surface area contributed by atoms with Gasteiger partial charge in [-0.25, -0.2) is 4.98 Å². The number of aromatic nitrogens is 2. The van der Waals surface area contributed by atoms with E-state index in [-0.39, 0.29) is 12.4 Å². The SMILES string of the molecule is Cc1ccncc1-c1nc(Cc2ccc(Cl)cc2)cs1.Cl. The number of thiazole rings is 1. The van der Waals surface area contributed by atoms with E-state index in [1.807, 2.05) is 36.5 Å². The van der Waals surface area contributed by atoms with Gasteiger partial charge < -0.3 is 0 Å². The molecule has 3 aromatic rings. The summed E-state index contributed by atoms with van der Waals surface area (Å²) in [4.78, 5) is 8.88. The molecule has 2 aromatic heterocycles. The summed E-state index contributed by atoms with van der Waals surface area (Å²) < 4.78 is 0. The number of nitrogens with zero attached hydrogens (tertiary/aromatic N) is 2. The highest BCUT2D eigenvalue weighted by molar-refractivity contribution is 7.13. The zero-order valence-corrected chi connectivity index (χ0v) is 13.8. The zero-order chi connectivity index (χ0) is 13.9. The molecule has 2 heterocycles. The van der Waals surface area contributed by atoms with Crippen LogP contribution in [-0.4, -0.2) is 9.97 Å². The molecule has 5 heteroatoms. The van der Waals surface area contributed by atoms with Gasteiger partial charge in [-0.2, -0.15) is 0 Å². The molecule has 2 nitrogen and oxygen atoms in total. The minimum Gasteiger partial charge on any atom is -0.264 e. The van der Waals surface area contributed by atoms with Crippen molar-refractivity contribution in [2.75, 3.05) is 0 Å². The first-order chi connectivity index (χ1) is 9.72. The topological polar surface area (TPSA) is 25.8 Å². The predicted octanol–water partition coefficient (Wildman–Crippen LogP) is 5.18. The number of halogens is 2. The molecule has 0 aliphatic heterocycles. The fraction of sp³-hybridized carbons (Fsp3) is 0.125. The van der Waals surface area contributed by atoms with Crippen molar-refractivity contribution in [3.05, 3.63) is 69.9 Å². The summed E-state index contributed by atoms with van der Waals surface area (Å²) >= 11 is 7.56. The van der Waals surface area contributed by atoms with E-state index in [0.29, 0.717) is 0 Å². The molecule has 0 saturated carbocycles. The van der Waals surface area contributed by atoms with Crippen LogP contribution in [0.1, 0.15) is 16.8 Å². The van der Waals surface area contributed by atoms with Crippen LogP contribution in [0.5, 0.6) is 0 Å². The van der Waals surface area contributed by atoms with E-state index in [9.17, 15) is 0 Å². The first-order valence-electron chi connectivity index (χ1n) is 6.32. The molecule has 0 amide bonds. The Morgan fingerprint density at radius 3 is 2.62 bits per heavy atom. The second-order valence-corrected chi connectivity index (χ2v) is 5.93. The lowest BCUT2D eigenvalue weighted by Crippen LogP contribution is -1.89. The summed E-state index contributed by atoms with van der Waals surface area (Å²) in [5.74, 6) is 0. The van der Waals surface area contributed by atoms with Crippen LogP contribution in [0.2, 0.25) is 5.02 Å². The van der Waals surface area contributed by atoms with Crippen molar-refractivity contribution >= 4 is 35.3 Å². The van der Waals surface area contributed by atoms with Crippen molar-refractivity contribution in [1.82, 2.24) is 9.97 Å². The molecule has 21 heavy (non-hydrogen) atoms. The molecule has 108 valence electrons. The molecule has 0 unspecified atom stereocenters. The minimum absolute atomic E-state index is 0. The molecule has 3 rings (SSSR count). The van der Waals surface area contributed by atoms with Gasteiger partial charge in [0.15, 0.2) is 0 Å². The van der Waals surface area contributed by atoms with E-state index >= 15 is 0 Å². The van der Waals surface area contributed by atoms with Crippen molar-refractivity contribution in [2.24, 2.45) is 0 Å². The fourth-order valence-electron chi connectivity index (χ4n) is 2.01. The van der Waals surface area contributed by atoms with Crippen molar-refractivity contribution in [3.8, 4) is 10.6 Å². The van der Waals surface area contributed by atoms with Crippen LogP contribution >= 0.6 is 35.3 Å². The molecule has 0 aliphatic carbocycles. The van der Waals surface area contributed by atoms with Crippen LogP contribution < -0.4 is 0 Å². The highest BCUT2D eigenvalue weighted by atomic mass is 35.5. The zero-order valence-electron chi connectivity index (χ0n) is 11.4. The smallest absolute Gasteiger partial charge is 0.125 e. The van der Waals surface area contributed by atoms with Crippen LogP contribution in [0.15, 0.2) is 48.1 Å². The van der Waals surface area contributed by atoms with Gasteiger partial charge in [0.25, 0.3) is 0 Å². The van der Waals surface area contributed by atoms with Crippen molar-refractivity contribution < 1.29 is 0 Å². The van der Waals surface area contributed by atoms with E-state index in [2.05, 4.69) is 17.3 Å². The Bertz CT molecular complexity index is 723. The Labute approximate surface area is 139 Å². The Balaban J connectivity index is 0.00000161. The number of benzene rings is 1. The Morgan fingerprint density at radius 2 is 1.90 bits per heavy atom. The number of pyridine rings is 1. The molecule has 0 saturated heterocycles. The van der Waals surface area contributed by atoms with Gasteiger partial charge in [0.1, 0.15) is 5.01 Å². The van der Waals surface area contributed by atoms with Gasteiger partial charge in [-0.05, 0) is 36.2 Å². The maximum atomic E-state index is 5.90. The van der Waals surface area contributed by atoms with E-state index < -0.39 is 0 Å². The van der Waals surface area contributed by atoms with Gasteiger partial charge in [-0.3, -0.25) is 4.98 Å². The van der Waals surface area contributed by atoms with Gasteiger partial charge in [-0.15, -0.1) is 23.7 Å². The Hall–Kier alpha value is -1.42. The van der Waals surface area contributed by atoms with E-state index in [1.54, 1.807) is 17.5 Å². The maximum absolute atomic E-state index is 5.90. The molecular formula is C16H14Cl2N2S. The van der Waals surface area contributed by atoms with E-state index in [0.717, 1.165) is 27.7 Å². The van der Waals surface area contributed by atoms with Crippen molar-refractivity contribution in [3.63, 3.8) is 0 Å². The van der Waals surface area contributed by atoms with Crippen LogP contribution in [0.4, 0.5) is 0 Å².